The molecule has 4 nitrogen and oxygen atoms in total. The summed E-state index contributed by atoms with van der Waals surface area (Å²) in [5.74, 6) is 0.0642. The molecule has 1 aliphatic rings. The van der Waals surface area contributed by atoms with Crippen LogP contribution in [0.15, 0.2) is 18.3 Å². The quantitative estimate of drug-likeness (QED) is 0.749. The second-order valence-electron chi connectivity index (χ2n) is 4.01. The van der Waals surface area contributed by atoms with Crippen LogP contribution in [0.25, 0.3) is 6.08 Å². The minimum absolute atomic E-state index is 0.135. The Morgan fingerprint density at radius 2 is 2.41 bits per heavy atom. The van der Waals surface area contributed by atoms with Gasteiger partial charge in [-0.1, -0.05) is 6.08 Å². The molecule has 0 aliphatic heterocycles. The number of allylic oxidation sites excluding steroid dienone is 1. The molecule has 0 saturated carbocycles. The monoisotopic (exact) mass is 235 g/mol. The summed E-state index contributed by atoms with van der Waals surface area (Å²) in [6.07, 6.45) is 7.28. The predicted molar refractivity (Wildman–Crippen MR) is 64.6 cm³/mol. The summed E-state index contributed by atoms with van der Waals surface area (Å²) in [6, 6.07) is 2.01. The largest absolute Gasteiger partial charge is 0.466 e. The summed E-state index contributed by atoms with van der Waals surface area (Å²) in [6.45, 7) is 2.26. The van der Waals surface area contributed by atoms with Crippen LogP contribution < -0.4 is 4.84 Å². The van der Waals surface area contributed by atoms with Crippen LogP contribution in [-0.4, -0.2) is 24.4 Å². The fraction of sp³-hybridized carbons (Fsp3) is 0.462. The van der Waals surface area contributed by atoms with E-state index in [4.69, 9.17) is 9.57 Å². The molecule has 92 valence electrons. The minimum atomic E-state index is -0.135. The van der Waals surface area contributed by atoms with Crippen molar-refractivity contribution in [1.29, 1.82) is 0 Å². The molecule has 1 aromatic rings. The third-order valence-corrected chi connectivity index (χ3v) is 2.97. The number of fused-ring (bicyclic) bond motifs is 1. The van der Waals surface area contributed by atoms with Gasteiger partial charge < -0.3 is 9.57 Å². The van der Waals surface area contributed by atoms with Gasteiger partial charge in [0.05, 0.1) is 18.7 Å². The van der Waals surface area contributed by atoms with Crippen molar-refractivity contribution in [3.63, 3.8) is 0 Å². The third kappa shape index (κ3) is 2.35. The molecule has 17 heavy (non-hydrogen) atoms. The first-order valence-electron chi connectivity index (χ1n) is 5.84. The van der Waals surface area contributed by atoms with Crippen molar-refractivity contribution in [2.75, 3.05) is 13.7 Å². The average molecular weight is 235 g/mol. The number of carbonyl (C=O) groups excluding carboxylic acids is 1. The molecule has 0 saturated heterocycles. The van der Waals surface area contributed by atoms with E-state index in [1.165, 1.54) is 0 Å². The van der Waals surface area contributed by atoms with Crippen LogP contribution in [0.2, 0.25) is 0 Å². The molecule has 0 bridgehead atoms. The SMILES string of the molecule is CCOC(=O)CC1CC=Cc2c1ccn2OC. The third-order valence-electron chi connectivity index (χ3n) is 2.97. The molecule has 1 heterocycles. The molecule has 4 heteroatoms. The van der Waals surface area contributed by atoms with Crippen molar-refractivity contribution in [2.45, 2.75) is 25.7 Å². The van der Waals surface area contributed by atoms with Crippen molar-refractivity contribution in [3.8, 4) is 0 Å². The molecule has 0 N–H and O–H groups in total. The molecule has 0 radical (unpaired) electrons. The van der Waals surface area contributed by atoms with Gasteiger partial charge in [0.1, 0.15) is 7.11 Å². The van der Waals surface area contributed by atoms with Crippen LogP contribution >= 0.6 is 0 Å². The highest BCUT2D eigenvalue weighted by Crippen LogP contribution is 2.32. The van der Waals surface area contributed by atoms with Crippen molar-refractivity contribution in [3.05, 3.63) is 29.6 Å². The zero-order chi connectivity index (χ0) is 12.3. The van der Waals surface area contributed by atoms with E-state index in [1.54, 1.807) is 11.8 Å². The van der Waals surface area contributed by atoms with Gasteiger partial charge in [-0.25, -0.2) is 0 Å². The molecule has 1 aliphatic carbocycles. The van der Waals surface area contributed by atoms with Crippen LogP contribution in [0.5, 0.6) is 0 Å². The van der Waals surface area contributed by atoms with Crippen LogP contribution in [0.4, 0.5) is 0 Å². The van der Waals surface area contributed by atoms with E-state index in [9.17, 15) is 4.79 Å². The molecule has 0 aromatic carbocycles. The number of hydrogen-bond acceptors (Lipinski definition) is 3. The van der Waals surface area contributed by atoms with Crippen molar-refractivity contribution in [2.24, 2.45) is 0 Å². The van der Waals surface area contributed by atoms with E-state index in [2.05, 4.69) is 6.08 Å². The Kier molecular flexibility index (Phi) is 3.52. The van der Waals surface area contributed by atoms with Gasteiger partial charge in [0, 0.05) is 12.1 Å². The molecule has 0 fully saturated rings. The molecule has 2 rings (SSSR count). The highest BCUT2D eigenvalue weighted by molar-refractivity contribution is 5.71. The van der Waals surface area contributed by atoms with Crippen LogP contribution in [0.3, 0.4) is 0 Å². The Hall–Kier alpha value is -1.71. The number of carbonyl (C=O) groups is 1. The lowest BCUT2D eigenvalue weighted by Gasteiger charge is -2.18. The van der Waals surface area contributed by atoms with Gasteiger partial charge in [0.15, 0.2) is 0 Å². The molecular formula is C13H17NO3. The highest BCUT2D eigenvalue weighted by atomic mass is 16.6. The second-order valence-corrected chi connectivity index (χ2v) is 4.01. The maximum atomic E-state index is 11.5. The fourth-order valence-corrected chi connectivity index (χ4v) is 2.20. The van der Waals surface area contributed by atoms with Gasteiger partial charge in [-0.05, 0) is 31.1 Å². The Labute approximate surface area is 101 Å². The first-order valence-corrected chi connectivity index (χ1v) is 5.84. The zero-order valence-corrected chi connectivity index (χ0v) is 10.2. The van der Waals surface area contributed by atoms with Crippen molar-refractivity contribution in [1.82, 2.24) is 4.73 Å². The van der Waals surface area contributed by atoms with E-state index >= 15 is 0 Å². The van der Waals surface area contributed by atoms with Gasteiger partial charge in [0.25, 0.3) is 0 Å². The Balaban J connectivity index is 2.15. The first-order chi connectivity index (χ1) is 8.26. The zero-order valence-electron chi connectivity index (χ0n) is 10.2. The molecule has 0 spiro atoms. The number of nitrogens with zero attached hydrogens (tertiary/aromatic N) is 1. The molecule has 1 atom stereocenters. The normalized spacial score (nSPS) is 17.6. The van der Waals surface area contributed by atoms with Gasteiger partial charge in [-0.15, -0.1) is 0 Å². The standard InChI is InChI=1S/C13H17NO3/c1-3-17-13(15)9-10-5-4-6-12-11(10)7-8-14(12)16-2/h4,6-8,10H,3,5,9H2,1-2H3. The number of aromatic nitrogens is 1. The summed E-state index contributed by atoms with van der Waals surface area (Å²) in [7, 11) is 1.63. The van der Waals surface area contributed by atoms with Crippen LogP contribution in [0.1, 0.15) is 36.9 Å². The van der Waals surface area contributed by atoms with E-state index in [0.29, 0.717) is 13.0 Å². The number of hydrogen-bond donors (Lipinski definition) is 0. The number of rotatable bonds is 4. The van der Waals surface area contributed by atoms with Crippen LogP contribution in [0, 0.1) is 0 Å². The van der Waals surface area contributed by atoms with Crippen LogP contribution in [-0.2, 0) is 9.53 Å². The van der Waals surface area contributed by atoms with Crippen molar-refractivity contribution >= 4 is 12.0 Å². The maximum absolute atomic E-state index is 11.5. The fourth-order valence-electron chi connectivity index (χ4n) is 2.20. The Bertz CT molecular complexity index is 434. The van der Waals surface area contributed by atoms with Gasteiger partial charge in [0.2, 0.25) is 0 Å². The lowest BCUT2D eigenvalue weighted by Crippen LogP contribution is -2.14. The van der Waals surface area contributed by atoms with E-state index in [-0.39, 0.29) is 11.9 Å². The molecule has 1 aromatic heterocycles. The summed E-state index contributed by atoms with van der Waals surface area (Å²) < 4.78 is 6.70. The topological polar surface area (TPSA) is 40.5 Å². The number of ether oxygens (including phenoxy) is 1. The van der Waals surface area contributed by atoms with Crippen molar-refractivity contribution < 1.29 is 14.4 Å². The Morgan fingerprint density at radius 3 is 3.12 bits per heavy atom. The number of esters is 1. The van der Waals surface area contributed by atoms with E-state index in [1.807, 2.05) is 25.3 Å². The highest BCUT2D eigenvalue weighted by Gasteiger charge is 2.23. The summed E-state index contributed by atoms with van der Waals surface area (Å²) in [5.41, 5.74) is 2.18. The van der Waals surface area contributed by atoms with Gasteiger partial charge >= 0.3 is 5.97 Å². The predicted octanol–water partition coefficient (Wildman–Crippen LogP) is 2.00. The first kappa shape index (κ1) is 11.8. The molecule has 0 amide bonds. The summed E-state index contributed by atoms with van der Waals surface area (Å²) in [5, 5.41) is 0. The Morgan fingerprint density at radius 1 is 1.59 bits per heavy atom. The lowest BCUT2D eigenvalue weighted by atomic mass is 9.89. The second kappa shape index (κ2) is 5.08. The van der Waals surface area contributed by atoms with E-state index < -0.39 is 0 Å². The smallest absolute Gasteiger partial charge is 0.306 e. The molecule has 1 unspecified atom stereocenters. The summed E-state index contributed by atoms with van der Waals surface area (Å²) >= 11 is 0. The average Bonchev–Trinajstić information content (AvgIpc) is 2.73. The summed E-state index contributed by atoms with van der Waals surface area (Å²) in [4.78, 5) is 16.7. The molecular weight excluding hydrogens is 218 g/mol. The van der Waals surface area contributed by atoms with Gasteiger partial charge in [-0.2, -0.15) is 4.73 Å². The maximum Gasteiger partial charge on any atom is 0.306 e. The van der Waals surface area contributed by atoms with Gasteiger partial charge in [-0.3, -0.25) is 4.79 Å². The van der Waals surface area contributed by atoms with E-state index in [0.717, 1.165) is 17.7 Å². The lowest BCUT2D eigenvalue weighted by molar-refractivity contribution is -0.143. The minimum Gasteiger partial charge on any atom is -0.466 e.